The van der Waals surface area contributed by atoms with Gasteiger partial charge in [0.1, 0.15) is 6.54 Å². The van der Waals surface area contributed by atoms with E-state index < -0.39 is 18.5 Å². The lowest BCUT2D eigenvalue weighted by molar-refractivity contribution is -0.157. The van der Waals surface area contributed by atoms with Crippen molar-refractivity contribution < 1.29 is 19.1 Å². The molecule has 0 aliphatic carbocycles. The second-order valence-electron chi connectivity index (χ2n) is 2.71. The molecule has 0 saturated heterocycles. The zero-order valence-corrected chi connectivity index (χ0v) is 8.17. The fraction of sp³-hybridized carbons (Fsp3) is 0.375. The van der Waals surface area contributed by atoms with E-state index in [0.29, 0.717) is 5.69 Å². The molecular formula is C8H11N3O4. The van der Waals surface area contributed by atoms with Gasteiger partial charge in [0.25, 0.3) is 0 Å². The van der Waals surface area contributed by atoms with Crippen molar-refractivity contribution in [1.29, 1.82) is 0 Å². The molecule has 1 heterocycles. The molecule has 0 aromatic carbocycles. The Bertz CT molecular complexity index is 361. The number of nitrogens with zero attached hydrogens (tertiary/aromatic N) is 2. The number of esters is 2. The van der Waals surface area contributed by atoms with E-state index in [1.54, 1.807) is 0 Å². The fourth-order valence-electron chi connectivity index (χ4n) is 0.842. The Labute approximate surface area is 85.8 Å². The smallest absolute Gasteiger partial charge is 0.344 e. The Hall–Kier alpha value is -2.05. The van der Waals surface area contributed by atoms with E-state index in [0.717, 1.165) is 0 Å². The average Bonchev–Trinajstić information content (AvgIpc) is 2.60. The topological polar surface area (TPSA) is 96.4 Å². The van der Waals surface area contributed by atoms with Crippen LogP contribution in [0.4, 0.5) is 5.69 Å². The third-order valence-electron chi connectivity index (χ3n) is 1.52. The van der Waals surface area contributed by atoms with Crippen molar-refractivity contribution in [2.75, 3.05) is 19.5 Å². The Balaban J connectivity index is 2.33. The molecule has 0 fully saturated rings. The summed E-state index contributed by atoms with van der Waals surface area (Å²) in [6.45, 7) is -0.486. The van der Waals surface area contributed by atoms with Crippen LogP contribution in [0.1, 0.15) is 0 Å². The fourth-order valence-corrected chi connectivity index (χ4v) is 0.842. The molecule has 0 aliphatic heterocycles. The number of anilines is 1. The van der Waals surface area contributed by atoms with Gasteiger partial charge in [-0.15, -0.1) is 0 Å². The second kappa shape index (κ2) is 4.99. The normalized spacial score (nSPS) is 9.67. The van der Waals surface area contributed by atoms with E-state index in [9.17, 15) is 9.59 Å². The number of methoxy groups -OCH3 is 1. The van der Waals surface area contributed by atoms with Crippen LogP contribution in [0, 0.1) is 0 Å². The molecule has 7 heteroatoms. The summed E-state index contributed by atoms with van der Waals surface area (Å²) in [5.74, 6) is -1.19. The van der Waals surface area contributed by atoms with Crippen molar-refractivity contribution in [1.82, 2.24) is 9.78 Å². The van der Waals surface area contributed by atoms with Crippen LogP contribution < -0.4 is 5.73 Å². The van der Waals surface area contributed by atoms with Crippen molar-refractivity contribution in [2.24, 2.45) is 0 Å². The first-order chi connectivity index (χ1) is 7.11. The maximum atomic E-state index is 11.1. The largest absolute Gasteiger partial charge is 0.466 e. The summed E-state index contributed by atoms with van der Waals surface area (Å²) in [6.07, 6.45) is 2.90. The van der Waals surface area contributed by atoms with Crippen LogP contribution in [-0.2, 0) is 25.6 Å². The molecule has 0 unspecified atom stereocenters. The van der Waals surface area contributed by atoms with Gasteiger partial charge in [0, 0.05) is 6.20 Å². The van der Waals surface area contributed by atoms with Gasteiger partial charge in [-0.05, 0) is 0 Å². The monoisotopic (exact) mass is 213 g/mol. The number of hydrogen-bond donors (Lipinski definition) is 1. The quantitative estimate of drug-likeness (QED) is 0.656. The Kier molecular flexibility index (Phi) is 3.67. The van der Waals surface area contributed by atoms with Crippen LogP contribution in [0.15, 0.2) is 12.4 Å². The van der Waals surface area contributed by atoms with E-state index in [-0.39, 0.29) is 6.54 Å². The molecule has 15 heavy (non-hydrogen) atoms. The van der Waals surface area contributed by atoms with Gasteiger partial charge in [-0.25, -0.2) is 4.79 Å². The van der Waals surface area contributed by atoms with Crippen molar-refractivity contribution in [2.45, 2.75) is 6.54 Å². The van der Waals surface area contributed by atoms with Crippen LogP contribution in [0.3, 0.4) is 0 Å². The number of carbonyl (C=O) groups is 2. The highest BCUT2D eigenvalue weighted by Crippen LogP contribution is 1.97. The molecule has 0 saturated carbocycles. The van der Waals surface area contributed by atoms with Gasteiger partial charge < -0.3 is 15.2 Å². The molecule has 2 N–H and O–H groups in total. The Morgan fingerprint density at radius 2 is 2.27 bits per heavy atom. The SMILES string of the molecule is COC(=O)COC(=O)Cn1cc(N)cn1. The summed E-state index contributed by atoms with van der Waals surface area (Å²) < 4.78 is 10.2. The standard InChI is InChI=1S/C8H11N3O4/c1-14-8(13)5-15-7(12)4-11-3-6(9)2-10-11/h2-3H,4-5,9H2,1H3. The Morgan fingerprint density at radius 1 is 1.53 bits per heavy atom. The van der Waals surface area contributed by atoms with Gasteiger partial charge in [0.2, 0.25) is 0 Å². The minimum atomic E-state index is -0.608. The summed E-state index contributed by atoms with van der Waals surface area (Å²) in [5.41, 5.74) is 5.84. The first-order valence-electron chi connectivity index (χ1n) is 4.12. The number of carbonyl (C=O) groups excluding carboxylic acids is 2. The van der Waals surface area contributed by atoms with Crippen molar-refractivity contribution in [3.05, 3.63) is 12.4 Å². The molecule has 7 nitrogen and oxygen atoms in total. The lowest BCUT2D eigenvalue weighted by Gasteiger charge is -2.02. The van der Waals surface area contributed by atoms with E-state index in [4.69, 9.17) is 5.73 Å². The average molecular weight is 213 g/mol. The molecule has 0 atom stereocenters. The molecule has 0 spiro atoms. The summed E-state index contributed by atoms with van der Waals surface area (Å²) in [4.78, 5) is 21.7. The molecule has 0 aliphatic rings. The van der Waals surface area contributed by atoms with E-state index >= 15 is 0 Å². The second-order valence-corrected chi connectivity index (χ2v) is 2.71. The minimum Gasteiger partial charge on any atom is -0.466 e. The molecule has 0 bridgehead atoms. The minimum absolute atomic E-state index is 0.0891. The lowest BCUT2D eigenvalue weighted by Crippen LogP contribution is -2.19. The van der Waals surface area contributed by atoms with Gasteiger partial charge in [0.15, 0.2) is 6.61 Å². The Morgan fingerprint density at radius 3 is 2.80 bits per heavy atom. The van der Waals surface area contributed by atoms with Crippen LogP contribution in [0.2, 0.25) is 0 Å². The maximum Gasteiger partial charge on any atom is 0.344 e. The zero-order chi connectivity index (χ0) is 11.3. The van der Waals surface area contributed by atoms with Gasteiger partial charge >= 0.3 is 11.9 Å². The highest BCUT2D eigenvalue weighted by atomic mass is 16.6. The van der Waals surface area contributed by atoms with Gasteiger partial charge in [-0.1, -0.05) is 0 Å². The molecule has 82 valence electrons. The first-order valence-corrected chi connectivity index (χ1v) is 4.12. The van der Waals surface area contributed by atoms with Crippen LogP contribution in [0.5, 0.6) is 0 Å². The summed E-state index contributed by atoms with van der Waals surface area (Å²) in [5, 5.41) is 3.78. The van der Waals surface area contributed by atoms with E-state index in [1.807, 2.05) is 0 Å². The number of hydrogen-bond acceptors (Lipinski definition) is 6. The third-order valence-corrected chi connectivity index (χ3v) is 1.52. The molecule has 0 radical (unpaired) electrons. The number of nitrogens with two attached hydrogens (primary N) is 1. The summed E-state index contributed by atoms with van der Waals surface area (Å²) >= 11 is 0. The number of ether oxygens (including phenoxy) is 2. The molecular weight excluding hydrogens is 202 g/mol. The highest BCUT2D eigenvalue weighted by Gasteiger charge is 2.08. The van der Waals surface area contributed by atoms with Crippen LogP contribution in [-0.4, -0.2) is 35.4 Å². The predicted molar refractivity (Wildman–Crippen MR) is 49.6 cm³/mol. The van der Waals surface area contributed by atoms with Crippen molar-refractivity contribution >= 4 is 17.6 Å². The summed E-state index contributed by atoms with van der Waals surface area (Å²) in [6, 6.07) is 0. The maximum absolute atomic E-state index is 11.1. The van der Waals surface area contributed by atoms with Crippen LogP contribution >= 0.6 is 0 Å². The lowest BCUT2D eigenvalue weighted by atomic mass is 10.6. The highest BCUT2D eigenvalue weighted by molar-refractivity contribution is 5.76. The predicted octanol–water partition coefficient (Wildman–Crippen LogP) is -0.819. The van der Waals surface area contributed by atoms with Crippen LogP contribution in [0.25, 0.3) is 0 Å². The zero-order valence-electron chi connectivity index (χ0n) is 8.17. The number of nitrogen functional groups attached to an aromatic ring is 1. The van der Waals surface area contributed by atoms with Crippen molar-refractivity contribution in [3.63, 3.8) is 0 Å². The van der Waals surface area contributed by atoms with E-state index in [2.05, 4.69) is 14.6 Å². The third kappa shape index (κ3) is 3.67. The van der Waals surface area contributed by atoms with Crippen molar-refractivity contribution in [3.8, 4) is 0 Å². The molecule has 1 aromatic rings. The number of rotatable bonds is 4. The van der Waals surface area contributed by atoms with E-state index in [1.165, 1.54) is 24.2 Å². The van der Waals surface area contributed by atoms with Gasteiger partial charge in [-0.3, -0.25) is 9.48 Å². The molecule has 0 amide bonds. The molecule has 1 rings (SSSR count). The summed E-state index contributed by atoms with van der Waals surface area (Å²) in [7, 11) is 1.21. The van der Waals surface area contributed by atoms with Gasteiger partial charge in [-0.2, -0.15) is 5.10 Å². The van der Waals surface area contributed by atoms with Gasteiger partial charge in [0.05, 0.1) is 19.0 Å². The number of aromatic nitrogens is 2. The molecule has 1 aromatic heterocycles. The first kappa shape index (κ1) is 11.0.